The second-order valence-electron chi connectivity index (χ2n) is 6.41. The van der Waals surface area contributed by atoms with E-state index in [2.05, 4.69) is 34.7 Å². The molecule has 2 rings (SSSR count). The van der Waals surface area contributed by atoms with Crippen LogP contribution in [-0.4, -0.2) is 29.4 Å². The van der Waals surface area contributed by atoms with E-state index in [4.69, 9.17) is 0 Å². The van der Waals surface area contributed by atoms with Crippen molar-refractivity contribution in [3.63, 3.8) is 0 Å². The zero-order chi connectivity index (χ0) is 12.3. The molecule has 2 unspecified atom stereocenters. The van der Waals surface area contributed by atoms with Gasteiger partial charge in [-0.2, -0.15) is 0 Å². The molecule has 100 valence electrons. The van der Waals surface area contributed by atoms with Crippen molar-refractivity contribution in [2.75, 3.05) is 18.4 Å². The van der Waals surface area contributed by atoms with Gasteiger partial charge >= 0.3 is 0 Å². The highest BCUT2D eigenvalue weighted by atomic mass is 79.9. The van der Waals surface area contributed by atoms with E-state index in [-0.39, 0.29) is 0 Å². The fourth-order valence-electron chi connectivity index (χ4n) is 3.69. The molecule has 1 nitrogen and oxygen atoms in total. The molecule has 0 bridgehead atoms. The Balaban J connectivity index is 1.89. The van der Waals surface area contributed by atoms with Crippen LogP contribution in [0.15, 0.2) is 0 Å². The lowest BCUT2D eigenvalue weighted by atomic mass is 9.93. The Kier molecular flexibility index (Phi) is 5.35. The summed E-state index contributed by atoms with van der Waals surface area (Å²) in [7, 11) is 0. The Hall–Kier alpha value is 0.440. The van der Waals surface area contributed by atoms with Gasteiger partial charge in [0.15, 0.2) is 0 Å². The smallest absolute Gasteiger partial charge is 0.0124 e. The highest BCUT2D eigenvalue weighted by Gasteiger charge is 2.34. The molecule has 0 N–H and O–H groups in total. The molecule has 2 heteroatoms. The summed E-state index contributed by atoms with van der Waals surface area (Å²) in [5.41, 5.74) is 0. The number of rotatable bonds is 5. The monoisotopic (exact) mass is 301 g/mol. The van der Waals surface area contributed by atoms with Crippen LogP contribution < -0.4 is 0 Å². The van der Waals surface area contributed by atoms with Gasteiger partial charge < -0.3 is 0 Å². The largest absolute Gasteiger partial charge is 0.300 e. The first-order chi connectivity index (χ1) is 8.22. The second-order valence-corrected chi connectivity index (χ2v) is 7.05. The maximum Gasteiger partial charge on any atom is 0.0124 e. The Labute approximate surface area is 115 Å². The van der Waals surface area contributed by atoms with Crippen molar-refractivity contribution in [3.8, 4) is 0 Å². The summed E-state index contributed by atoms with van der Waals surface area (Å²) in [5, 5.41) is 1.17. The third kappa shape index (κ3) is 3.47. The molecule has 0 radical (unpaired) electrons. The average Bonchev–Trinajstić information content (AvgIpc) is 2.95. The van der Waals surface area contributed by atoms with Gasteiger partial charge in [0, 0.05) is 17.9 Å². The van der Waals surface area contributed by atoms with Gasteiger partial charge in [0.2, 0.25) is 0 Å². The minimum Gasteiger partial charge on any atom is -0.300 e. The van der Waals surface area contributed by atoms with Gasteiger partial charge in [-0.1, -0.05) is 42.6 Å². The molecule has 0 aromatic heterocycles. The Morgan fingerprint density at radius 3 is 2.41 bits per heavy atom. The maximum absolute atomic E-state index is 3.70. The summed E-state index contributed by atoms with van der Waals surface area (Å²) < 4.78 is 0. The third-order valence-corrected chi connectivity index (χ3v) is 5.80. The van der Waals surface area contributed by atoms with Crippen LogP contribution in [0.4, 0.5) is 0 Å². The van der Waals surface area contributed by atoms with Crippen molar-refractivity contribution >= 4 is 15.9 Å². The third-order valence-electron chi connectivity index (χ3n) is 4.97. The van der Waals surface area contributed by atoms with E-state index in [1.54, 1.807) is 0 Å². The molecule has 2 aliphatic rings. The number of hydrogen-bond donors (Lipinski definition) is 0. The predicted octanol–water partition coefficient (Wildman–Crippen LogP) is 4.31. The molecule has 2 fully saturated rings. The van der Waals surface area contributed by atoms with Crippen molar-refractivity contribution in [1.82, 2.24) is 4.90 Å². The molecular weight excluding hydrogens is 274 g/mol. The highest BCUT2D eigenvalue weighted by Crippen LogP contribution is 2.36. The molecule has 0 aromatic carbocycles. The fraction of sp³-hybridized carbons (Fsp3) is 1.00. The van der Waals surface area contributed by atoms with Crippen LogP contribution in [0.2, 0.25) is 0 Å². The molecule has 2 atom stereocenters. The molecule has 17 heavy (non-hydrogen) atoms. The highest BCUT2D eigenvalue weighted by molar-refractivity contribution is 9.09. The van der Waals surface area contributed by atoms with E-state index in [9.17, 15) is 0 Å². The minimum atomic E-state index is 0.805. The van der Waals surface area contributed by atoms with E-state index >= 15 is 0 Å². The minimum absolute atomic E-state index is 0.805. The van der Waals surface area contributed by atoms with Gasteiger partial charge in [0.05, 0.1) is 0 Å². The molecule has 1 aliphatic carbocycles. The molecule has 1 saturated heterocycles. The molecule has 0 spiro atoms. The number of halogens is 1. The van der Waals surface area contributed by atoms with Gasteiger partial charge in [-0.05, 0) is 50.0 Å². The van der Waals surface area contributed by atoms with Gasteiger partial charge in [0.1, 0.15) is 0 Å². The zero-order valence-electron chi connectivity index (χ0n) is 11.5. The second kappa shape index (κ2) is 6.56. The first kappa shape index (κ1) is 13.9. The van der Waals surface area contributed by atoms with Crippen LogP contribution >= 0.6 is 15.9 Å². The average molecular weight is 302 g/mol. The molecule has 0 aromatic rings. The van der Waals surface area contributed by atoms with Crippen LogP contribution in [-0.2, 0) is 0 Å². The molecule has 1 heterocycles. The van der Waals surface area contributed by atoms with E-state index in [1.807, 2.05) is 0 Å². The summed E-state index contributed by atoms with van der Waals surface area (Å²) in [5.74, 6) is 2.66. The fourth-order valence-corrected chi connectivity index (χ4v) is 4.65. The quantitative estimate of drug-likeness (QED) is 0.684. The maximum atomic E-state index is 3.70. The van der Waals surface area contributed by atoms with Gasteiger partial charge in [-0.25, -0.2) is 0 Å². The lowest BCUT2D eigenvalue weighted by Crippen LogP contribution is -2.39. The SMILES string of the molecule is CC(C)C(CBr)CN1CCCC1C1CCCC1. The molecule has 1 aliphatic heterocycles. The van der Waals surface area contributed by atoms with E-state index < -0.39 is 0 Å². The first-order valence-corrected chi connectivity index (χ1v) is 8.64. The van der Waals surface area contributed by atoms with Crippen molar-refractivity contribution in [2.24, 2.45) is 17.8 Å². The summed E-state index contributed by atoms with van der Waals surface area (Å²) >= 11 is 3.70. The summed E-state index contributed by atoms with van der Waals surface area (Å²) in [6.07, 6.45) is 8.89. The number of likely N-dealkylation sites (tertiary alicyclic amines) is 1. The lowest BCUT2D eigenvalue weighted by molar-refractivity contribution is 0.156. The van der Waals surface area contributed by atoms with Crippen LogP contribution in [0.1, 0.15) is 52.4 Å². The Bertz CT molecular complexity index is 223. The van der Waals surface area contributed by atoms with E-state index in [1.165, 1.54) is 56.9 Å². The van der Waals surface area contributed by atoms with Crippen molar-refractivity contribution < 1.29 is 0 Å². The summed E-state index contributed by atoms with van der Waals surface area (Å²) in [6, 6.07) is 0.929. The predicted molar refractivity (Wildman–Crippen MR) is 78.7 cm³/mol. The van der Waals surface area contributed by atoms with Gasteiger partial charge in [-0.15, -0.1) is 0 Å². The first-order valence-electron chi connectivity index (χ1n) is 7.52. The summed E-state index contributed by atoms with van der Waals surface area (Å²) in [6.45, 7) is 7.42. The molecule has 0 amide bonds. The van der Waals surface area contributed by atoms with E-state index in [0.29, 0.717) is 0 Å². The molecule has 1 saturated carbocycles. The van der Waals surface area contributed by atoms with Crippen LogP contribution in [0, 0.1) is 17.8 Å². The van der Waals surface area contributed by atoms with Crippen molar-refractivity contribution in [1.29, 1.82) is 0 Å². The Morgan fingerprint density at radius 2 is 1.82 bits per heavy atom. The summed E-state index contributed by atoms with van der Waals surface area (Å²) in [4.78, 5) is 2.82. The van der Waals surface area contributed by atoms with Crippen LogP contribution in [0.5, 0.6) is 0 Å². The topological polar surface area (TPSA) is 3.24 Å². The lowest BCUT2D eigenvalue weighted by Gasteiger charge is -2.33. The number of alkyl halides is 1. The molecular formula is C15H28BrN. The number of hydrogen-bond acceptors (Lipinski definition) is 1. The Morgan fingerprint density at radius 1 is 1.12 bits per heavy atom. The standard InChI is InChI=1S/C15H28BrN/c1-12(2)14(10-16)11-17-9-5-8-15(17)13-6-3-4-7-13/h12-15H,3-11H2,1-2H3. The van der Waals surface area contributed by atoms with Crippen LogP contribution in [0.25, 0.3) is 0 Å². The van der Waals surface area contributed by atoms with Gasteiger partial charge in [0.25, 0.3) is 0 Å². The normalized spacial score (nSPS) is 29.3. The van der Waals surface area contributed by atoms with E-state index in [0.717, 1.165) is 23.8 Å². The van der Waals surface area contributed by atoms with Crippen molar-refractivity contribution in [3.05, 3.63) is 0 Å². The van der Waals surface area contributed by atoms with Crippen LogP contribution in [0.3, 0.4) is 0 Å². The van der Waals surface area contributed by atoms with Gasteiger partial charge in [-0.3, -0.25) is 4.90 Å². The zero-order valence-corrected chi connectivity index (χ0v) is 13.1. The number of nitrogens with zero attached hydrogens (tertiary/aromatic N) is 1. The van der Waals surface area contributed by atoms with Crippen molar-refractivity contribution in [2.45, 2.75) is 58.4 Å².